The Balaban J connectivity index is 2.39. The molecule has 0 aliphatic carbocycles. The van der Waals surface area contributed by atoms with Gasteiger partial charge in [-0.3, -0.25) is 9.36 Å². The van der Waals surface area contributed by atoms with Crippen molar-refractivity contribution in [1.82, 2.24) is 14.5 Å². The van der Waals surface area contributed by atoms with E-state index in [-0.39, 0.29) is 11.6 Å². The average molecular weight is 246 g/mol. The molecule has 0 amide bonds. The Kier molecular flexibility index (Phi) is 3.27. The van der Waals surface area contributed by atoms with Crippen LogP contribution in [0.15, 0.2) is 29.2 Å². The van der Waals surface area contributed by atoms with E-state index in [1.165, 1.54) is 17.7 Å². The summed E-state index contributed by atoms with van der Waals surface area (Å²) in [5, 5.41) is 0. The largest absolute Gasteiger partial charge is 0.468 e. The van der Waals surface area contributed by atoms with Crippen LogP contribution in [-0.4, -0.2) is 21.6 Å². The van der Waals surface area contributed by atoms with E-state index in [9.17, 15) is 4.79 Å². The van der Waals surface area contributed by atoms with Crippen molar-refractivity contribution in [2.75, 3.05) is 12.8 Å². The minimum absolute atomic E-state index is 0.156. The number of hydrogen-bond acceptors (Lipinski definition) is 5. The number of nitrogens with two attached hydrogens (primary N) is 1. The lowest BCUT2D eigenvalue weighted by molar-refractivity contribution is 0.350. The van der Waals surface area contributed by atoms with E-state index in [1.807, 2.05) is 6.07 Å². The second kappa shape index (κ2) is 4.87. The molecule has 6 nitrogen and oxygen atoms in total. The molecule has 6 heteroatoms. The van der Waals surface area contributed by atoms with Gasteiger partial charge in [-0.05, 0) is 18.6 Å². The number of nitrogens with zero attached hydrogens (tertiary/aromatic N) is 3. The quantitative estimate of drug-likeness (QED) is 0.856. The highest BCUT2D eigenvalue weighted by atomic mass is 16.5. The van der Waals surface area contributed by atoms with Crippen LogP contribution >= 0.6 is 0 Å². The Labute approximate surface area is 104 Å². The van der Waals surface area contributed by atoms with Crippen LogP contribution in [0.1, 0.15) is 11.3 Å². The third-order valence-corrected chi connectivity index (χ3v) is 2.47. The van der Waals surface area contributed by atoms with E-state index in [2.05, 4.69) is 9.97 Å². The molecule has 0 fully saturated rings. The first-order chi connectivity index (χ1) is 8.60. The van der Waals surface area contributed by atoms with Gasteiger partial charge in [-0.1, -0.05) is 6.07 Å². The number of nitrogen functional groups attached to an aromatic ring is 1. The fraction of sp³-hybridized carbons (Fsp3) is 0.250. The van der Waals surface area contributed by atoms with Gasteiger partial charge >= 0.3 is 0 Å². The van der Waals surface area contributed by atoms with Gasteiger partial charge in [0.2, 0.25) is 0 Å². The number of aryl methyl sites for hydroxylation is 1. The molecule has 0 bridgehead atoms. The first-order valence-electron chi connectivity index (χ1n) is 5.43. The van der Waals surface area contributed by atoms with Gasteiger partial charge in [0.05, 0.1) is 13.7 Å². The van der Waals surface area contributed by atoms with Crippen molar-refractivity contribution >= 4 is 5.82 Å². The molecule has 0 saturated carbocycles. The maximum absolute atomic E-state index is 11.9. The summed E-state index contributed by atoms with van der Waals surface area (Å²) in [5.74, 6) is 0.445. The molecule has 94 valence electrons. The number of methoxy groups -OCH3 is 1. The molecular weight excluding hydrogens is 232 g/mol. The fourth-order valence-electron chi connectivity index (χ4n) is 1.61. The van der Waals surface area contributed by atoms with Gasteiger partial charge in [0.25, 0.3) is 11.6 Å². The van der Waals surface area contributed by atoms with Gasteiger partial charge in [0, 0.05) is 18.0 Å². The van der Waals surface area contributed by atoms with Crippen molar-refractivity contribution < 1.29 is 4.74 Å². The molecule has 0 radical (unpaired) electrons. The maximum atomic E-state index is 11.9. The van der Waals surface area contributed by atoms with Crippen LogP contribution in [0.2, 0.25) is 0 Å². The Morgan fingerprint density at radius 2 is 2.22 bits per heavy atom. The first kappa shape index (κ1) is 12.1. The first-order valence-corrected chi connectivity index (χ1v) is 5.43. The molecule has 2 N–H and O–H groups in total. The summed E-state index contributed by atoms with van der Waals surface area (Å²) >= 11 is 0. The van der Waals surface area contributed by atoms with Crippen molar-refractivity contribution in [2.24, 2.45) is 0 Å². The lowest BCUT2D eigenvalue weighted by Crippen LogP contribution is -2.23. The zero-order chi connectivity index (χ0) is 13.1. The standard InChI is InChI=1S/C12H14N4O2/c1-8-5-11(17)16(12(15-8)18-2)7-9-3-4-10(13)14-6-9/h3-6H,7H2,1-2H3,(H2,13,14). The molecule has 0 spiro atoms. The predicted molar refractivity (Wildman–Crippen MR) is 67.5 cm³/mol. The number of rotatable bonds is 3. The van der Waals surface area contributed by atoms with E-state index >= 15 is 0 Å². The lowest BCUT2D eigenvalue weighted by Gasteiger charge is -2.10. The van der Waals surface area contributed by atoms with Crippen LogP contribution in [0.25, 0.3) is 0 Å². The van der Waals surface area contributed by atoms with Crippen molar-refractivity contribution in [3.8, 4) is 6.01 Å². The normalized spacial score (nSPS) is 10.3. The van der Waals surface area contributed by atoms with E-state index in [1.54, 1.807) is 19.2 Å². The van der Waals surface area contributed by atoms with Crippen LogP contribution in [0.5, 0.6) is 6.01 Å². The van der Waals surface area contributed by atoms with Crippen LogP contribution in [-0.2, 0) is 6.54 Å². The molecular formula is C12H14N4O2. The molecule has 18 heavy (non-hydrogen) atoms. The number of pyridine rings is 1. The number of ether oxygens (including phenoxy) is 1. The molecule has 0 atom stereocenters. The minimum atomic E-state index is -0.156. The minimum Gasteiger partial charge on any atom is -0.468 e. The number of hydrogen-bond donors (Lipinski definition) is 1. The predicted octanol–water partition coefficient (Wildman–Crippen LogP) is 0.586. The lowest BCUT2D eigenvalue weighted by atomic mass is 10.3. The van der Waals surface area contributed by atoms with E-state index in [4.69, 9.17) is 10.5 Å². The van der Waals surface area contributed by atoms with Gasteiger partial charge in [0.15, 0.2) is 0 Å². The average Bonchev–Trinajstić information content (AvgIpc) is 2.34. The highest BCUT2D eigenvalue weighted by Crippen LogP contribution is 2.09. The number of anilines is 1. The second-order valence-corrected chi connectivity index (χ2v) is 3.90. The molecule has 0 saturated heterocycles. The Morgan fingerprint density at radius 1 is 1.44 bits per heavy atom. The molecule has 0 aliphatic rings. The van der Waals surface area contributed by atoms with E-state index < -0.39 is 0 Å². The topological polar surface area (TPSA) is 83.0 Å². The zero-order valence-electron chi connectivity index (χ0n) is 10.3. The Hall–Kier alpha value is -2.37. The van der Waals surface area contributed by atoms with Crippen LogP contribution < -0.4 is 16.0 Å². The van der Waals surface area contributed by atoms with Gasteiger partial charge in [0.1, 0.15) is 5.82 Å². The van der Waals surface area contributed by atoms with Crippen molar-refractivity contribution in [1.29, 1.82) is 0 Å². The summed E-state index contributed by atoms with van der Waals surface area (Å²) in [5.41, 5.74) is 6.84. The molecule has 0 aliphatic heterocycles. The van der Waals surface area contributed by atoms with Crippen molar-refractivity contribution in [2.45, 2.75) is 13.5 Å². The maximum Gasteiger partial charge on any atom is 0.299 e. The number of aromatic nitrogens is 3. The van der Waals surface area contributed by atoms with Gasteiger partial charge in [-0.25, -0.2) is 9.97 Å². The second-order valence-electron chi connectivity index (χ2n) is 3.90. The van der Waals surface area contributed by atoms with Crippen LogP contribution in [0, 0.1) is 6.92 Å². The molecule has 0 unspecified atom stereocenters. The van der Waals surface area contributed by atoms with E-state index in [0.29, 0.717) is 18.1 Å². The Bertz CT molecular complexity index is 604. The summed E-state index contributed by atoms with van der Waals surface area (Å²) < 4.78 is 6.55. The van der Waals surface area contributed by atoms with Crippen LogP contribution in [0.4, 0.5) is 5.82 Å². The van der Waals surface area contributed by atoms with Gasteiger partial charge in [-0.15, -0.1) is 0 Å². The fourth-order valence-corrected chi connectivity index (χ4v) is 1.61. The molecule has 2 rings (SSSR count). The SMILES string of the molecule is COc1nc(C)cc(=O)n1Cc1ccc(N)nc1. The van der Waals surface area contributed by atoms with Crippen molar-refractivity contribution in [3.63, 3.8) is 0 Å². The highest BCUT2D eigenvalue weighted by molar-refractivity contribution is 5.29. The Morgan fingerprint density at radius 3 is 2.83 bits per heavy atom. The highest BCUT2D eigenvalue weighted by Gasteiger charge is 2.08. The smallest absolute Gasteiger partial charge is 0.299 e. The van der Waals surface area contributed by atoms with Gasteiger partial charge < -0.3 is 10.5 Å². The van der Waals surface area contributed by atoms with Crippen LogP contribution in [0.3, 0.4) is 0 Å². The summed E-state index contributed by atoms with van der Waals surface area (Å²) in [6, 6.07) is 5.26. The monoisotopic (exact) mass is 246 g/mol. The molecule has 2 aromatic rings. The summed E-state index contributed by atoms with van der Waals surface area (Å²) in [7, 11) is 1.49. The molecule has 2 aromatic heterocycles. The molecule has 0 aromatic carbocycles. The summed E-state index contributed by atoms with van der Waals surface area (Å²) in [6.07, 6.45) is 1.63. The third kappa shape index (κ3) is 2.48. The van der Waals surface area contributed by atoms with Crippen molar-refractivity contribution in [3.05, 3.63) is 46.0 Å². The zero-order valence-corrected chi connectivity index (χ0v) is 10.3. The molecule has 2 heterocycles. The summed E-state index contributed by atoms with van der Waals surface area (Å²) in [4.78, 5) is 20.0. The summed E-state index contributed by atoms with van der Waals surface area (Å²) in [6.45, 7) is 2.10. The third-order valence-electron chi connectivity index (χ3n) is 2.47. The van der Waals surface area contributed by atoms with E-state index in [0.717, 1.165) is 5.56 Å². The van der Waals surface area contributed by atoms with Gasteiger partial charge in [-0.2, -0.15) is 0 Å².